The molecule has 0 radical (unpaired) electrons. The number of piperazine rings is 1. The highest BCUT2D eigenvalue weighted by Crippen LogP contribution is 2.16. The third kappa shape index (κ3) is 3.41. The van der Waals surface area contributed by atoms with E-state index in [1.54, 1.807) is 6.20 Å². The molecule has 3 rings (SSSR count). The lowest BCUT2D eigenvalue weighted by atomic mass is 10.1. The maximum absolute atomic E-state index is 12.6. The molecule has 0 atom stereocenters. The normalized spacial score (nSPS) is 14.7. The third-order valence-corrected chi connectivity index (χ3v) is 4.08. The monoisotopic (exact) mass is 311 g/mol. The zero-order valence-electron chi connectivity index (χ0n) is 13.5. The van der Waals surface area contributed by atoms with E-state index in [1.807, 2.05) is 60.3 Å². The Morgan fingerprint density at radius 3 is 2.30 bits per heavy atom. The van der Waals surface area contributed by atoms with Crippen molar-refractivity contribution in [2.45, 2.75) is 0 Å². The Labute approximate surface area is 136 Å². The van der Waals surface area contributed by atoms with Crippen LogP contribution in [0.5, 0.6) is 0 Å². The first-order valence-electron chi connectivity index (χ1n) is 7.74. The van der Waals surface area contributed by atoms with Gasteiger partial charge in [0.15, 0.2) is 5.82 Å². The summed E-state index contributed by atoms with van der Waals surface area (Å²) in [6.45, 7) is 2.95. The average molecular weight is 311 g/mol. The van der Waals surface area contributed by atoms with Crippen LogP contribution in [0.1, 0.15) is 10.4 Å². The SMILES string of the molecule is CN(C)c1ccc(C(=O)N2CCN(c3cccnn3)CC2)cc1. The van der Waals surface area contributed by atoms with Crippen LogP contribution in [0.25, 0.3) is 0 Å². The largest absolute Gasteiger partial charge is 0.378 e. The summed E-state index contributed by atoms with van der Waals surface area (Å²) in [7, 11) is 3.98. The van der Waals surface area contributed by atoms with Crippen LogP contribution in [0.4, 0.5) is 11.5 Å². The molecule has 0 spiro atoms. The topological polar surface area (TPSA) is 52.6 Å². The van der Waals surface area contributed by atoms with E-state index in [0.717, 1.165) is 30.2 Å². The van der Waals surface area contributed by atoms with E-state index in [0.29, 0.717) is 13.1 Å². The average Bonchev–Trinajstić information content (AvgIpc) is 2.62. The number of benzene rings is 1. The molecule has 6 heteroatoms. The summed E-state index contributed by atoms with van der Waals surface area (Å²) in [5.74, 6) is 0.962. The molecule has 23 heavy (non-hydrogen) atoms. The molecule has 2 aromatic rings. The number of aromatic nitrogens is 2. The Kier molecular flexibility index (Phi) is 4.41. The molecular formula is C17H21N5O. The van der Waals surface area contributed by atoms with Gasteiger partial charge >= 0.3 is 0 Å². The zero-order valence-corrected chi connectivity index (χ0v) is 13.5. The molecule has 0 unspecified atom stereocenters. The fourth-order valence-corrected chi connectivity index (χ4v) is 2.69. The lowest BCUT2D eigenvalue weighted by molar-refractivity contribution is 0.0746. The Hall–Kier alpha value is -2.63. The number of nitrogens with zero attached hydrogens (tertiary/aromatic N) is 5. The summed E-state index contributed by atoms with van der Waals surface area (Å²) in [5.41, 5.74) is 1.83. The van der Waals surface area contributed by atoms with E-state index in [9.17, 15) is 4.79 Å². The molecule has 0 bridgehead atoms. The van der Waals surface area contributed by atoms with E-state index >= 15 is 0 Å². The second kappa shape index (κ2) is 6.64. The summed E-state index contributed by atoms with van der Waals surface area (Å²) >= 11 is 0. The minimum Gasteiger partial charge on any atom is -0.378 e. The lowest BCUT2D eigenvalue weighted by Crippen LogP contribution is -2.49. The van der Waals surface area contributed by atoms with Gasteiger partial charge in [-0.25, -0.2) is 0 Å². The number of hydrogen-bond acceptors (Lipinski definition) is 5. The Morgan fingerprint density at radius 1 is 1.04 bits per heavy atom. The smallest absolute Gasteiger partial charge is 0.253 e. The van der Waals surface area contributed by atoms with Crippen molar-refractivity contribution in [2.24, 2.45) is 0 Å². The van der Waals surface area contributed by atoms with E-state index < -0.39 is 0 Å². The van der Waals surface area contributed by atoms with Crippen molar-refractivity contribution in [1.82, 2.24) is 15.1 Å². The third-order valence-electron chi connectivity index (χ3n) is 4.08. The van der Waals surface area contributed by atoms with Gasteiger partial charge in [-0.3, -0.25) is 4.79 Å². The van der Waals surface area contributed by atoms with Crippen molar-refractivity contribution < 1.29 is 4.79 Å². The number of hydrogen-bond donors (Lipinski definition) is 0. The van der Waals surface area contributed by atoms with Gasteiger partial charge < -0.3 is 14.7 Å². The molecule has 6 nitrogen and oxygen atoms in total. The molecule has 2 heterocycles. The molecule has 0 saturated carbocycles. The number of rotatable bonds is 3. The Bertz CT molecular complexity index is 648. The highest BCUT2D eigenvalue weighted by atomic mass is 16.2. The van der Waals surface area contributed by atoms with Crippen LogP contribution in [-0.2, 0) is 0 Å². The summed E-state index contributed by atoms with van der Waals surface area (Å²) in [6, 6.07) is 11.6. The van der Waals surface area contributed by atoms with Crippen molar-refractivity contribution in [1.29, 1.82) is 0 Å². The van der Waals surface area contributed by atoms with Gasteiger partial charge in [0.2, 0.25) is 0 Å². The van der Waals surface area contributed by atoms with Crippen LogP contribution in [0.2, 0.25) is 0 Å². The van der Waals surface area contributed by atoms with Gasteiger partial charge in [-0.2, -0.15) is 5.10 Å². The summed E-state index contributed by atoms with van der Waals surface area (Å²) in [4.78, 5) is 18.7. The van der Waals surface area contributed by atoms with Crippen LogP contribution in [0.15, 0.2) is 42.6 Å². The van der Waals surface area contributed by atoms with E-state index in [1.165, 1.54) is 0 Å². The second-order valence-corrected chi connectivity index (χ2v) is 5.80. The first-order valence-corrected chi connectivity index (χ1v) is 7.74. The molecule has 1 fully saturated rings. The highest BCUT2D eigenvalue weighted by molar-refractivity contribution is 5.94. The number of anilines is 2. The predicted octanol–water partition coefficient (Wildman–Crippen LogP) is 1.50. The van der Waals surface area contributed by atoms with Gasteiger partial charge in [-0.15, -0.1) is 5.10 Å². The Balaban J connectivity index is 1.62. The van der Waals surface area contributed by atoms with Crippen molar-refractivity contribution in [3.05, 3.63) is 48.2 Å². The highest BCUT2D eigenvalue weighted by Gasteiger charge is 2.22. The molecule has 0 N–H and O–H groups in total. The first kappa shape index (κ1) is 15.3. The van der Waals surface area contributed by atoms with Crippen molar-refractivity contribution in [3.8, 4) is 0 Å². The number of carbonyl (C=O) groups is 1. The van der Waals surface area contributed by atoms with E-state index in [-0.39, 0.29) is 5.91 Å². The standard InChI is InChI=1S/C17H21N5O/c1-20(2)15-7-5-14(6-8-15)17(23)22-12-10-21(11-13-22)16-4-3-9-18-19-16/h3-9H,10-13H2,1-2H3. The zero-order chi connectivity index (χ0) is 16.2. The molecule has 1 aliphatic heterocycles. The molecule has 1 saturated heterocycles. The van der Waals surface area contributed by atoms with Gasteiger partial charge in [-0.1, -0.05) is 0 Å². The first-order chi connectivity index (χ1) is 11.1. The quantitative estimate of drug-likeness (QED) is 0.860. The maximum Gasteiger partial charge on any atom is 0.253 e. The minimum atomic E-state index is 0.0918. The summed E-state index contributed by atoms with van der Waals surface area (Å²) in [5, 5.41) is 8.03. The molecule has 1 amide bonds. The second-order valence-electron chi connectivity index (χ2n) is 5.80. The molecule has 0 aliphatic carbocycles. The fourth-order valence-electron chi connectivity index (χ4n) is 2.69. The van der Waals surface area contributed by atoms with Crippen LogP contribution in [0, 0.1) is 0 Å². The molecule has 1 aliphatic rings. The lowest BCUT2D eigenvalue weighted by Gasteiger charge is -2.35. The molecular weight excluding hydrogens is 290 g/mol. The van der Waals surface area contributed by atoms with Crippen LogP contribution < -0.4 is 9.80 Å². The van der Waals surface area contributed by atoms with Crippen LogP contribution in [-0.4, -0.2) is 61.3 Å². The van der Waals surface area contributed by atoms with Gasteiger partial charge in [-0.05, 0) is 36.4 Å². The fraction of sp³-hybridized carbons (Fsp3) is 0.353. The number of carbonyl (C=O) groups excluding carboxylic acids is 1. The van der Waals surface area contributed by atoms with Gasteiger partial charge in [0, 0.05) is 57.7 Å². The minimum absolute atomic E-state index is 0.0918. The predicted molar refractivity (Wildman–Crippen MR) is 90.9 cm³/mol. The van der Waals surface area contributed by atoms with Crippen LogP contribution >= 0.6 is 0 Å². The van der Waals surface area contributed by atoms with Crippen molar-refractivity contribution in [2.75, 3.05) is 50.1 Å². The van der Waals surface area contributed by atoms with E-state index in [4.69, 9.17) is 0 Å². The molecule has 1 aromatic carbocycles. The van der Waals surface area contributed by atoms with Gasteiger partial charge in [0.25, 0.3) is 5.91 Å². The maximum atomic E-state index is 12.6. The van der Waals surface area contributed by atoms with Gasteiger partial charge in [0.05, 0.1) is 0 Å². The summed E-state index contributed by atoms with van der Waals surface area (Å²) in [6.07, 6.45) is 1.67. The molecule has 1 aromatic heterocycles. The van der Waals surface area contributed by atoms with Crippen molar-refractivity contribution >= 4 is 17.4 Å². The van der Waals surface area contributed by atoms with Crippen molar-refractivity contribution in [3.63, 3.8) is 0 Å². The van der Waals surface area contributed by atoms with Gasteiger partial charge in [0.1, 0.15) is 0 Å². The summed E-state index contributed by atoms with van der Waals surface area (Å²) < 4.78 is 0. The van der Waals surface area contributed by atoms with Crippen LogP contribution in [0.3, 0.4) is 0 Å². The van der Waals surface area contributed by atoms with E-state index in [2.05, 4.69) is 15.1 Å². The Morgan fingerprint density at radius 2 is 1.74 bits per heavy atom. The molecule has 120 valence electrons. The number of amides is 1.